The quantitative estimate of drug-likeness (QED) is 0.625. The molecule has 0 amide bonds. The molecular weight excluding hydrogens is 275 g/mol. The van der Waals surface area contributed by atoms with Gasteiger partial charge in [0, 0.05) is 25.3 Å². The van der Waals surface area contributed by atoms with Crippen molar-refractivity contribution in [1.29, 1.82) is 0 Å². The Labute approximate surface area is 121 Å². The lowest BCUT2D eigenvalue weighted by Gasteiger charge is -2.19. The summed E-state index contributed by atoms with van der Waals surface area (Å²) in [5.74, 6) is 0.0998. The van der Waals surface area contributed by atoms with Gasteiger partial charge in [0.1, 0.15) is 11.6 Å². The van der Waals surface area contributed by atoms with E-state index in [4.69, 9.17) is 4.74 Å². The predicted molar refractivity (Wildman–Crippen MR) is 78.2 cm³/mol. The molecule has 2 aromatic rings. The number of halogens is 1. The monoisotopic (exact) mass is 290 g/mol. The third-order valence-corrected chi connectivity index (χ3v) is 3.07. The van der Waals surface area contributed by atoms with Crippen LogP contribution in [0, 0.1) is 15.9 Å². The van der Waals surface area contributed by atoms with Gasteiger partial charge in [-0.05, 0) is 23.8 Å². The summed E-state index contributed by atoms with van der Waals surface area (Å²) in [6.45, 7) is 0.484. The van der Waals surface area contributed by atoms with Crippen LogP contribution in [0.3, 0.4) is 0 Å². The summed E-state index contributed by atoms with van der Waals surface area (Å²) in [7, 11) is 3.33. The predicted octanol–water partition coefficient (Wildman–Crippen LogP) is 3.38. The molecule has 0 bridgehead atoms. The summed E-state index contributed by atoms with van der Waals surface area (Å²) in [5.41, 5.74) is 1.15. The van der Waals surface area contributed by atoms with Gasteiger partial charge >= 0.3 is 0 Å². The molecule has 0 unspecified atom stereocenters. The molecule has 2 aromatic carbocycles. The number of ether oxygens (including phenoxy) is 1. The molecule has 2 rings (SSSR count). The van der Waals surface area contributed by atoms with Crippen molar-refractivity contribution >= 4 is 11.4 Å². The van der Waals surface area contributed by atoms with Crippen LogP contribution in [0.4, 0.5) is 15.8 Å². The molecule has 0 N–H and O–H groups in total. The molecule has 6 heteroatoms. The number of nitrogens with zero attached hydrogens (tertiary/aromatic N) is 2. The van der Waals surface area contributed by atoms with Gasteiger partial charge in [0.25, 0.3) is 5.69 Å². The van der Waals surface area contributed by atoms with Gasteiger partial charge in [-0.15, -0.1) is 0 Å². The molecule has 0 aliphatic carbocycles. The van der Waals surface area contributed by atoms with Crippen molar-refractivity contribution in [3.8, 4) is 5.75 Å². The molecule has 0 aliphatic rings. The van der Waals surface area contributed by atoms with Crippen molar-refractivity contribution in [2.75, 3.05) is 19.1 Å². The maximum absolute atomic E-state index is 13.5. The van der Waals surface area contributed by atoms with Gasteiger partial charge in [-0.3, -0.25) is 10.1 Å². The van der Waals surface area contributed by atoms with Crippen LogP contribution in [0.1, 0.15) is 5.56 Å². The number of benzene rings is 2. The summed E-state index contributed by atoms with van der Waals surface area (Å²) >= 11 is 0. The van der Waals surface area contributed by atoms with Crippen molar-refractivity contribution in [2.45, 2.75) is 6.54 Å². The lowest BCUT2D eigenvalue weighted by atomic mass is 10.2. The zero-order chi connectivity index (χ0) is 15.4. The van der Waals surface area contributed by atoms with Crippen LogP contribution in [-0.4, -0.2) is 19.1 Å². The Bertz CT molecular complexity index is 661. The first-order valence-electron chi connectivity index (χ1n) is 6.28. The molecule has 0 aliphatic heterocycles. The zero-order valence-corrected chi connectivity index (χ0v) is 11.7. The fraction of sp³-hybridized carbons (Fsp3) is 0.200. The van der Waals surface area contributed by atoms with Gasteiger partial charge in [0.2, 0.25) is 0 Å². The minimum Gasteiger partial charge on any atom is -0.497 e. The van der Waals surface area contributed by atoms with Crippen LogP contribution in [0.25, 0.3) is 0 Å². The van der Waals surface area contributed by atoms with E-state index in [1.54, 1.807) is 19.1 Å². The molecule has 21 heavy (non-hydrogen) atoms. The molecule has 5 nitrogen and oxygen atoms in total. The van der Waals surface area contributed by atoms with E-state index in [0.717, 1.165) is 17.4 Å². The Hall–Kier alpha value is -2.63. The second-order valence-electron chi connectivity index (χ2n) is 4.63. The van der Waals surface area contributed by atoms with Crippen LogP contribution in [0.2, 0.25) is 0 Å². The van der Waals surface area contributed by atoms with Gasteiger partial charge in [-0.2, -0.15) is 0 Å². The number of nitro benzene ring substituents is 1. The Kier molecular flexibility index (Phi) is 4.37. The molecule has 0 saturated carbocycles. The number of nitro groups is 1. The van der Waals surface area contributed by atoms with Crippen LogP contribution in [0.5, 0.6) is 5.75 Å². The first-order valence-corrected chi connectivity index (χ1v) is 6.28. The van der Waals surface area contributed by atoms with Crippen molar-refractivity contribution < 1.29 is 14.1 Å². The van der Waals surface area contributed by atoms with E-state index in [1.807, 2.05) is 24.3 Å². The summed E-state index contributed by atoms with van der Waals surface area (Å²) in [4.78, 5) is 11.9. The van der Waals surface area contributed by atoms with Crippen molar-refractivity contribution in [3.63, 3.8) is 0 Å². The highest BCUT2D eigenvalue weighted by molar-refractivity contribution is 5.53. The first kappa shape index (κ1) is 14.8. The largest absolute Gasteiger partial charge is 0.497 e. The fourth-order valence-electron chi connectivity index (χ4n) is 2.02. The molecule has 0 atom stereocenters. The van der Waals surface area contributed by atoms with Crippen molar-refractivity contribution in [1.82, 2.24) is 0 Å². The van der Waals surface area contributed by atoms with Crippen LogP contribution in [0.15, 0.2) is 42.5 Å². The van der Waals surface area contributed by atoms with Crippen LogP contribution in [-0.2, 0) is 6.54 Å². The summed E-state index contributed by atoms with van der Waals surface area (Å²) in [6, 6.07) is 11.0. The van der Waals surface area contributed by atoms with Crippen LogP contribution >= 0.6 is 0 Å². The molecule has 0 aromatic heterocycles. The van der Waals surface area contributed by atoms with E-state index in [-0.39, 0.29) is 5.69 Å². The first-order chi connectivity index (χ1) is 9.99. The average molecular weight is 290 g/mol. The Morgan fingerprint density at radius 2 is 2.05 bits per heavy atom. The molecule has 0 heterocycles. The summed E-state index contributed by atoms with van der Waals surface area (Å²) in [6.07, 6.45) is 0. The van der Waals surface area contributed by atoms with Crippen molar-refractivity contribution in [3.05, 3.63) is 64.0 Å². The highest BCUT2D eigenvalue weighted by Crippen LogP contribution is 2.24. The average Bonchev–Trinajstić information content (AvgIpc) is 2.46. The van der Waals surface area contributed by atoms with E-state index >= 15 is 0 Å². The zero-order valence-electron chi connectivity index (χ0n) is 11.7. The Balaban J connectivity index is 2.23. The van der Waals surface area contributed by atoms with E-state index < -0.39 is 10.7 Å². The lowest BCUT2D eigenvalue weighted by Crippen LogP contribution is -2.16. The van der Waals surface area contributed by atoms with Gasteiger partial charge in [0.05, 0.1) is 18.1 Å². The smallest absolute Gasteiger partial charge is 0.274 e. The third-order valence-electron chi connectivity index (χ3n) is 3.07. The second kappa shape index (κ2) is 6.21. The summed E-state index contributed by atoms with van der Waals surface area (Å²) < 4.78 is 18.6. The maximum atomic E-state index is 13.5. The Morgan fingerprint density at radius 1 is 1.29 bits per heavy atom. The molecular formula is C15H15FN2O3. The minimum absolute atomic E-state index is 0.262. The van der Waals surface area contributed by atoms with E-state index in [9.17, 15) is 14.5 Å². The number of rotatable bonds is 5. The summed E-state index contributed by atoms with van der Waals surface area (Å²) in [5, 5.41) is 10.8. The fourth-order valence-corrected chi connectivity index (χ4v) is 2.02. The van der Waals surface area contributed by atoms with E-state index in [0.29, 0.717) is 12.2 Å². The minimum atomic E-state index is -0.628. The van der Waals surface area contributed by atoms with Gasteiger partial charge in [-0.1, -0.05) is 12.1 Å². The van der Waals surface area contributed by atoms with Crippen molar-refractivity contribution in [2.24, 2.45) is 0 Å². The molecule has 0 saturated heterocycles. The maximum Gasteiger partial charge on any atom is 0.274 e. The molecule has 0 fully saturated rings. The normalized spacial score (nSPS) is 10.2. The van der Waals surface area contributed by atoms with Gasteiger partial charge in [0.15, 0.2) is 0 Å². The topological polar surface area (TPSA) is 55.6 Å². The molecule has 0 radical (unpaired) electrons. The SMILES string of the molecule is COc1cccc(CN(C)c2cc(F)cc([N+](=O)[O-])c2)c1. The van der Waals surface area contributed by atoms with E-state index in [1.165, 1.54) is 12.1 Å². The number of methoxy groups -OCH3 is 1. The Morgan fingerprint density at radius 3 is 2.71 bits per heavy atom. The van der Waals surface area contributed by atoms with Gasteiger partial charge < -0.3 is 9.64 Å². The number of hydrogen-bond donors (Lipinski definition) is 0. The molecule has 110 valence electrons. The number of hydrogen-bond acceptors (Lipinski definition) is 4. The highest BCUT2D eigenvalue weighted by atomic mass is 19.1. The molecule has 0 spiro atoms. The number of non-ortho nitro benzene ring substituents is 1. The second-order valence-corrected chi connectivity index (χ2v) is 4.63. The number of anilines is 1. The standard InChI is InChI=1S/C15H15FN2O3/c1-17(10-11-4-3-5-15(6-11)21-2)13-7-12(16)8-14(9-13)18(19)20/h3-9H,10H2,1-2H3. The van der Waals surface area contributed by atoms with Crippen LogP contribution < -0.4 is 9.64 Å². The third kappa shape index (κ3) is 3.68. The van der Waals surface area contributed by atoms with Gasteiger partial charge in [-0.25, -0.2) is 4.39 Å². The lowest BCUT2D eigenvalue weighted by molar-refractivity contribution is -0.385. The van der Waals surface area contributed by atoms with E-state index in [2.05, 4.69) is 0 Å². The highest BCUT2D eigenvalue weighted by Gasteiger charge is 2.12.